The van der Waals surface area contributed by atoms with Gasteiger partial charge in [-0.1, -0.05) is 6.07 Å². The molecule has 3 aromatic rings. The largest absolute Gasteiger partial charge is 0.504 e. The molecule has 146 valence electrons. The molecule has 1 aromatic heterocycles. The van der Waals surface area contributed by atoms with Crippen LogP contribution in [0.1, 0.15) is 17.2 Å². The summed E-state index contributed by atoms with van der Waals surface area (Å²) < 4.78 is 22.4. The van der Waals surface area contributed by atoms with Gasteiger partial charge in [0.25, 0.3) is 0 Å². The lowest BCUT2D eigenvalue weighted by atomic mass is 10.0. The summed E-state index contributed by atoms with van der Waals surface area (Å²) in [6, 6.07) is 9.14. The van der Waals surface area contributed by atoms with Gasteiger partial charge >= 0.3 is 5.63 Å². The summed E-state index contributed by atoms with van der Waals surface area (Å²) in [4.78, 5) is 11.7. The number of hydrogen-bond acceptors (Lipinski definition) is 8. The lowest BCUT2D eigenvalue weighted by molar-refractivity contribution is -0.0132. The predicted molar refractivity (Wildman–Crippen MR) is 97.9 cm³/mol. The first kappa shape index (κ1) is 18.1. The van der Waals surface area contributed by atoms with E-state index < -0.39 is 17.8 Å². The third-order valence-corrected chi connectivity index (χ3v) is 4.63. The van der Waals surface area contributed by atoms with E-state index >= 15 is 0 Å². The van der Waals surface area contributed by atoms with Crippen LogP contribution in [0.5, 0.6) is 23.0 Å². The van der Waals surface area contributed by atoms with Gasteiger partial charge in [-0.25, -0.2) is 4.79 Å². The number of aliphatic hydroxyl groups excluding tert-OH is 2. The maximum absolute atomic E-state index is 11.7. The highest BCUT2D eigenvalue weighted by molar-refractivity contribution is 5.87. The summed E-state index contributed by atoms with van der Waals surface area (Å²) in [5.41, 5.74) is 0.669. The molecule has 28 heavy (non-hydrogen) atoms. The van der Waals surface area contributed by atoms with Gasteiger partial charge in [0.1, 0.15) is 0 Å². The zero-order valence-corrected chi connectivity index (χ0v) is 14.9. The van der Waals surface area contributed by atoms with Crippen molar-refractivity contribution in [3.8, 4) is 23.0 Å². The maximum Gasteiger partial charge on any atom is 0.336 e. The first-order valence-corrected chi connectivity index (χ1v) is 8.57. The van der Waals surface area contributed by atoms with Crippen LogP contribution in [0.3, 0.4) is 0 Å². The number of aromatic hydroxyl groups is 1. The molecule has 2 heterocycles. The topological polar surface area (TPSA) is 119 Å². The standard InChI is InChI=1S/C20H18O8/c1-25-14-7-11(2-4-13(14)23)17-15(9-22)26-20-18-10(3-5-16(24)27-18)6-12(8-21)19(20)28-17/h2-7,15,17,21-23H,8-9H2,1H3/t15-,17-/m1/s1. The van der Waals surface area contributed by atoms with Gasteiger partial charge in [-0.05, 0) is 24.3 Å². The van der Waals surface area contributed by atoms with Gasteiger partial charge in [-0.15, -0.1) is 0 Å². The van der Waals surface area contributed by atoms with Crippen molar-refractivity contribution in [1.82, 2.24) is 0 Å². The van der Waals surface area contributed by atoms with Crippen molar-refractivity contribution in [3.05, 3.63) is 57.9 Å². The van der Waals surface area contributed by atoms with Gasteiger partial charge in [-0.3, -0.25) is 0 Å². The minimum atomic E-state index is -0.815. The summed E-state index contributed by atoms with van der Waals surface area (Å²) in [6.07, 6.45) is -1.56. The molecule has 0 saturated heterocycles. The molecular weight excluding hydrogens is 368 g/mol. The number of aliphatic hydroxyl groups is 2. The average molecular weight is 386 g/mol. The fourth-order valence-corrected chi connectivity index (χ4v) is 3.28. The minimum absolute atomic E-state index is 0.0345. The number of phenols is 1. The van der Waals surface area contributed by atoms with E-state index in [1.54, 1.807) is 24.3 Å². The van der Waals surface area contributed by atoms with Gasteiger partial charge in [-0.2, -0.15) is 0 Å². The monoisotopic (exact) mass is 386 g/mol. The van der Waals surface area contributed by atoms with E-state index in [1.807, 2.05) is 0 Å². The quantitative estimate of drug-likeness (QED) is 0.582. The van der Waals surface area contributed by atoms with E-state index in [2.05, 4.69) is 0 Å². The van der Waals surface area contributed by atoms with Crippen molar-refractivity contribution in [3.63, 3.8) is 0 Å². The van der Waals surface area contributed by atoms with Crippen LogP contribution >= 0.6 is 0 Å². The summed E-state index contributed by atoms with van der Waals surface area (Å²) >= 11 is 0. The number of fused-ring (bicyclic) bond motifs is 3. The summed E-state index contributed by atoms with van der Waals surface area (Å²) in [5, 5.41) is 30.0. The minimum Gasteiger partial charge on any atom is -0.504 e. The molecule has 1 aliphatic rings. The Morgan fingerprint density at radius 1 is 1.07 bits per heavy atom. The van der Waals surface area contributed by atoms with E-state index in [1.165, 1.54) is 19.2 Å². The van der Waals surface area contributed by atoms with Crippen molar-refractivity contribution in [1.29, 1.82) is 0 Å². The second-order valence-corrected chi connectivity index (χ2v) is 6.33. The molecule has 4 rings (SSSR count). The number of hydrogen-bond donors (Lipinski definition) is 3. The fraction of sp³-hybridized carbons (Fsp3) is 0.250. The van der Waals surface area contributed by atoms with Gasteiger partial charge in [0.2, 0.25) is 5.75 Å². The molecule has 0 saturated carbocycles. The molecule has 0 bridgehead atoms. The van der Waals surface area contributed by atoms with E-state index in [9.17, 15) is 20.1 Å². The van der Waals surface area contributed by atoms with Crippen LogP contribution in [-0.2, 0) is 6.61 Å². The Bertz CT molecular complexity index is 1090. The summed E-state index contributed by atoms with van der Waals surface area (Å²) in [7, 11) is 1.42. The number of benzene rings is 2. The highest BCUT2D eigenvalue weighted by Gasteiger charge is 2.36. The molecule has 2 aromatic carbocycles. The Morgan fingerprint density at radius 3 is 2.61 bits per heavy atom. The lowest BCUT2D eigenvalue weighted by Crippen LogP contribution is -2.36. The smallest absolute Gasteiger partial charge is 0.336 e. The Kier molecular flexibility index (Phi) is 4.58. The van der Waals surface area contributed by atoms with Crippen molar-refractivity contribution in [2.45, 2.75) is 18.8 Å². The highest BCUT2D eigenvalue weighted by Crippen LogP contribution is 2.46. The molecule has 8 heteroatoms. The molecule has 0 fully saturated rings. The zero-order valence-electron chi connectivity index (χ0n) is 14.9. The number of rotatable bonds is 4. The van der Waals surface area contributed by atoms with E-state index in [0.29, 0.717) is 16.5 Å². The average Bonchev–Trinajstić information content (AvgIpc) is 2.72. The number of ether oxygens (including phenoxy) is 3. The molecular formula is C20H18O8. The maximum atomic E-state index is 11.7. The lowest BCUT2D eigenvalue weighted by Gasteiger charge is -2.34. The first-order chi connectivity index (χ1) is 13.5. The van der Waals surface area contributed by atoms with Gasteiger partial charge in [0, 0.05) is 22.6 Å². The Hall–Kier alpha value is -3.23. The van der Waals surface area contributed by atoms with Crippen LogP contribution < -0.4 is 19.8 Å². The van der Waals surface area contributed by atoms with Crippen LogP contribution in [0.15, 0.2) is 45.6 Å². The van der Waals surface area contributed by atoms with Crippen molar-refractivity contribution >= 4 is 11.0 Å². The zero-order chi connectivity index (χ0) is 19.8. The third-order valence-electron chi connectivity index (χ3n) is 4.63. The Morgan fingerprint density at radius 2 is 1.89 bits per heavy atom. The van der Waals surface area contributed by atoms with E-state index in [-0.39, 0.29) is 41.8 Å². The van der Waals surface area contributed by atoms with E-state index in [0.717, 1.165) is 0 Å². The normalized spacial score (nSPS) is 18.2. The Balaban J connectivity index is 1.87. The van der Waals surface area contributed by atoms with Crippen LogP contribution in [-0.4, -0.2) is 35.1 Å². The SMILES string of the molecule is COc1cc([C@H]2Oc3c(CO)cc4ccc(=O)oc4c3O[C@@H]2CO)ccc1O. The molecule has 0 radical (unpaired) electrons. The van der Waals surface area contributed by atoms with Crippen LogP contribution in [0.25, 0.3) is 11.0 Å². The van der Waals surface area contributed by atoms with E-state index in [4.69, 9.17) is 18.6 Å². The predicted octanol–water partition coefficient (Wildman–Crippen LogP) is 1.87. The Labute approximate surface area is 159 Å². The molecule has 3 N–H and O–H groups in total. The first-order valence-electron chi connectivity index (χ1n) is 8.57. The molecule has 2 atom stereocenters. The third kappa shape index (κ3) is 2.92. The highest BCUT2D eigenvalue weighted by atomic mass is 16.6. The molecule has 0 amide bonds. The fourth-order valence-electron chi connectivity index (χ4n) is 3.28. The number of methoxy groups -OCH3 is 1. The molecule has 0 aliphatic carbocycles. The molecule has 8 nitrogen and oxygen atoms in total. The summed E-state index contributed by atoms with van der Waals surface area (Å²) in [5.74, 6) is 0.592. The second kappa shape index (κ2) is 7.06. The second-order valence-electron chi connectivity index (χ2n) is 6.33. The summed E-state index contributed by atoms with van der Waals surface area (Å²) in [6.45, 7) is -0.703. The van der Waals surface area contributed by atoms with Crippen LogP contribution in [0.2, 0.25) is 0 Å². The molecule has 0 spiro atoms. The van der Waals surface area contributed by atoms with Crippen LogP contribution in [0.4, 0.5) is 0 Å². The van der Waals surface area contributed by atoms with Crippen molar-refractivity contribution in [2.24, 2.45) is 0 Å². The molecule has 1 aliphatic heterocycles. The van der Waals surface area contributed by atoms with Gasteiger partial charge in [0.05, 0.1) is 20.3 Å². The van der Waals surface area contributed by atoms with Crippen LogP contribution in [0, 0.1) is 0 Å². The van der Waals surface area contributed by atoms with Gasteiger partial charge < -0.3 is 33.9 Å². The number of phenolic OH excluding ortho intramolecular Hbond substituents is 1. The molecule has 0 unspecified atom stereocenters. The van der Waals surface area contributed by atoms with Crippen molar-refractivity contribution < 1.29 is 33.9 Å². The van der Waals surface area contributed by atoms with Crippen molar-refractivity contribution in [2.75, 3.05) is 13.7 Å². The van der Waals surface area contributed by atoms with Gasteiger partial charge in [0.15, 0.2) is 35.0 Å².